The van der Waals surface area contributed by atoms with Crippen LogP contribution in [0.3, 0.4) is 0 Å². The minimum absolute atomic E-state index is 0.106. The van der Waals surface area contributed by atoms with Crippen molar-refractivity contribution < 1.29 is 4.74 Å². The summed E-state index contributed by atoms with van der Waals surface area (Å²) in [6, 6.07) is 8.11. The van der Waals surface area contributed by atoms with Crippen molar-refractivity contribution >= 4 is 0 Å². The molecule has 0 radical (unpaired) electrons. The lowest BCUT2D eigenvalue weighted by atomic mass is 10.1. The highest BCUT2D eigenvalue weighted by atomic mass is 16.5. The van der Waals surface area contributed by atoms with E-state index in [4.69, 9.17) is 10.5 Å². The Labute approximate surface area is 104 Å². The molecule has 1 aromatic carbocycles. The quantitative estimate of drug-likeness (QED) is 0.711. The van der Waals surface area contributed by atoms with Gasteiger partial charge in [0.1, 0.15) is 5.75 Å². The Kier molecular flexibility index (Phi) is 5.73. The highest BCUT2D eigenvalue weighted by Crippen LogP contribution is 2.24. The molecule has 0 bridgehead atoms. The molecule has 0 aliphatic rings. The monoisotopic (exact) mass is 234 g/mol. The van der Waals surface area contributed by atoms with Crippen LogP contribution in [0.2, 0.25) is 0 Å². The zero-order valence-corrected chi connectivity index (χ0v) is 10.7. The summed E-state index contributed by atoms with van der Waals surface area (Å²) in [5.41, 5.74) is 8.01. The number of nitrogens with two attached hydrogens (primary N) is 1. The third-order valence-electron chi connectivity index (χ3n) is 2.48. The zero-order chi connectivity index (χ0) is 12.7. The smallest absolute Gasteiger partial charge is 0.124 e. The van der Waals surface area contributed by atoms with Gasteiger partial charge in [0, 0.05) is 24.7 Å². The molecule has 0 heterocycles. The van der Waals surface area contributed by atoms with Gasteiger partial charge >= 0.3 is 0 Å². The molecule has 3 heteroatoms. The van der Waals surface area contributed by atoms with Gasteiger partial charge in [-0.2, -0.15) is 0 Å². The molecule has 0 saturated heterocycles. The van der Waals surface area contributed by atoms with Crippen LogP contribution >= 0.6 is 0 Å². The standard InChI is InChI=1S/C14H22N2O/c1-4-17-14-8-6-5-7-12(14)13(9-15)16-10-11(2)3/h5-8,13,16H,2,4,9-10,15H2,1,3H3. The predicted molar refractivity (Wildman–Crippen MR) is 72.2 cm³/mol. The summed E-state index contributed by atoms with van der Waals surface area (Å²) >= 11 is 0. The van der Waals surface area contributed by atoms with Crippen molar-refractivity contribution in [1.82, 2.24) is 5.32 Å². The SMILES string of the molecule is C=C(C)CNC(CN)c1ccccc1OCC. The first-order valence-electron chi connectivity index (χ1n) is 5.98. The predicted octanol–water partition coefficient (Wildman–Crippen LogP) is 2.25. The second kappa shape index (κ2) is 7.09. The number of hydrogen-bond donors (Lipinski definition) is 2. The van der Waals surface area contributed by atoms with E-state index in [0.29, 0.717) is 13.2 Å². The van der Waals surface area contributed by atoms with Crippen molar-refractivity contribution in [2.45, 2.75) is 19.9 Å². The van der Waals surface area contributed by atoms with Gasteiger partial charge in [-0.25, -0.2) is 0 Å². The maximum absolute atomic E-state index is 5.81. The second-order valence-electron chi connectivity index (χ2n) is 4.10. The molecule has 3 nitrogen and oxygen atoms in total. The van der Waals surface area contributed by atoms with E-state index in [1.807, 2.05) is 38.1 Å². The average molecular weight is 234 g/mol. The summed E-state index contributed by atoms with van der Waals surface area (Å²) < 4.78 is 5.61. The minimum atomic E-state index is 0.106. The number of nitrogens with one attached hydrogen (secondary N) is 1. The first-order valence-corrected chi connectivity index (χ1v) is 5.98. The summed E-state index contributed by atoms with van der Waals surface area (Å²) in [5, 5.41) is 3.38. The van der Waals surface area contributed by atoms with Crippen molar-refractivity contribution in [3.63, 3.8) is 0 Å². The number of rotatable bonds is 7. The van der Waals surface area contributed by atoms with Gasteiger partial charge in [0.2, 0.25) is 0 Å². The minimum Gasteiger partial charge on any atom is -0.494 e. The number of hydrogen-bond acceptors (Lipinski definition) is 3. The van der Waals surface area contributed by atoms with Gasteiger partial charge < -0.3 is 15.8 Å². The zero-order valence-electron chi connectivity index (χ0n) is 10.7. The Morgan fingerprint density at radius 3 is 2.76 bits per heavy atom. The molecule has 1 aromatic rings. The Morgan fingerprint density at radius 1 is 1.47 bits per heavy atom. The Morgan fingerprint density at radius 2 is 2.18 bits per heavy atom. The molecule has 3 N–H and O–H groups in total. The molecule has 0 aliphatic carbocycles. The topological polar surface area (TPSA) is 47.3 Å². The fraction of sp³-hybridized carbons (Fsp3) is 0.429. The molecular weight excluding hydrogens is 212 g/mol. The maximum atomic E-state index is 5.81. The largest absolute Gasteiger partial charge is 0.494 e. The summed E-state index contributed by atoms with van der Waals surface area (Å²) in [6.07, 6.45) is 0. The molecule has 0 saturated carbocycles. The van der Waals surface area contributed by atoms with E-state index in [0.717, 1.165) is 23.4 Å². The lowest BCUT2D eigenvalue weighted by Crippen LogP contribution is -2.29. The van der Waals surface area contributed by atoms with Crippen LogP contribution in [-0.2, 0) is 0 Å². The van der Waals surface area contributed by atoms with Crippen LogP contribution in [0.15, 0.2) is 36.4 Å². The summed E-state index contributed by atoms with van der Waals surface area (Å²) in [4.78, 5) is 0. The molecule has 1 atom stereocenters. The molecule has 1 unspecified atom stereocenters. The molecular formula is C14H22N2O. The van der Waals surface area contributed by atoms with Crippen LogP contribution in [0.25, 0.3) is 0 Å². The third kappa shape index (κ3) is 4.21. The van der Waals surface area contributed by atoms with Gasteiger partial charge in [-0.3, -0.25) is 0 Å². The van der Waals surface area contributed by atoms with Crippen molar-refractivity contribution in [2.75, 3.05) is 19.7 Å². The van der Waals surface area contributed by atoms with Gasteiger partial charge in [-0.05, 0) is 19.9 Å². The van der Waals surface area contributed by atoms with E-state index in [-0.39, 0.29) is 6.04 Å². The summed E-state index contributed by atoms with van der Waals surface area (Å²) in [6.45, 7) is 9.82. The Bertz CT molecular complexity index is 363. The number of benzene rings is 1. The molecule has 17 heavy (non-hydrogen) atoms. The maximum Gasteiger partial charge on any atom is 0.124 e. The summed E-state index contributed by atoms with van der Waals surface area (Å²) in [7, 11) is 0. The third-order valence-corrected chi connectivity index (χ3v) is 2.48. The number of para-hydroxylation sites is 1. The van der Waals surface area contributed by atoms with Crippen molar-refractivity contribution in [2.24, 2.45) is 5.73 Å². The van der Waals surface area contributed by atoms with E-state index in [1.165, 1.54) is 0 Å². The average Bonchev–Trinajstić information content (AvgIpc) is 2.32. The van der Waals surface area contributed by atoms with Gasteiger partial charge in [0.15, 0.2) is 0 Å². The highest BCUT2D eigenvalue weighted by molar-refractivity contribution is 5.36. The number of ether oxygens (including phenoxy) is 1. The van der Waals surface area contributed by atoms with Crippen LogP contribution in [0.5, 0.6) is 5.75 Å². The second-order valence-corrected chi connectivity index (χ2v) is 4.10. The lowest BCUT2D eigenvalue weighted by Gasteiger charge is -2.20. The Balaban J connectivity index is 2.82. The van der Waals surface area contributed by atoms with Crippen LogP contribution in [0, 0.1) is 0 Å². The first kappa shape index (κ1) is 13.7. The molecule has 0 fully saturated rings. The fourth-order valence-electron chi connectivity index (χ4n) is 1.67. The van der Waals surface area contributed by atoms with E-state index in [1.54, 1.807) is 0 Å². The van der Waals surface area contributed by atoms with Crippen LogP contribution in [0.1, 0.15) is 25.5 Å². The van der Waals surface area contributed by atoms with Crippen LogP contribution in [-0.4, -0.2) is 19.7 Å². The van der Waals surface area contributed by atoms with Crippen molar-refractivity contribution in [3.05, 3.63) is 42.0 Å². The van der Waals surface area contributed by atoms with E-state index >= 15 is 0 Å². The molecule has 94 valence electrons. The van der Waals surface area contributed by atoms with E-state index in [2.05, 4.69) is 11.9 Å². The fourth-order valence-corrected chi connectivity index (χ4v) is 1.67. The van der Waals surface area contributed by atoms with Gasteiger partial charge in [0.25, 0.3) is 0 Å². The van der Waals surface area contributed by atoms with E-state index in [9.17, 15) is 0 Å². The molecule has 1 rings (SSSR count). The Hall–Kier alpha value is -1.32. The summed E-state index contributed by atoms with van der Waals surface area (Å²) in [5.74, 6) is 0.902. The first-order chi connectivity index (χ1) is 8.19. The highest BCUT2D eigenvalue weighted by Gasteiger charge is 2.13. The van der Waals surface area contributed by atoms with Crippen molar-refractivity contribution in [1.29, 1.82) is 0 Å². The molecule has 0 spiro atoms. The van der Waals surface area contributed by atoms with Gasteiger partial charge in [0.05, 0.1) is 6.61 Å². The molecule has 0 aliphatic heterocycles. The van der Waals surface area contributed by atoms with E-state index < -0.39 is 0 Å². The molecule has 0 amide bonds. The normalized spacial score (nSPS) is 12.2. The van der Waals surface area contributed by atoms with Gasteiger partial charge in [-0.15, -0.1) is 0 Å². The van der Waals surface area contributed by atoms with Crippen molar-refractivity contribution in [3.8, 4) is 5.75 Å². The van der Waals surface area contributed by atoms with Crippen LogP contribution in [0.4, 0.5) is 0 Å². The van der Waals surface area contributed by atoms with Gasteiger partial charge in [-0.1, -0.05) is 30.4 Å². The van der Waals surface area contributed by atoms with Crippen LogP contribution < -0.4 is 15.8 Å². The lowest BCUT2D eigenvalue weighted by molar-refractivity contribution is 0.332. The molecule has 0 aromatic heterocycles.